The quantitative estimate of drug-likeness (QED) is 0.894. The topological polar surface area (TPSA) is 72.2 Å². The van der Waals surface area contributed by atoms with Crippen LogP contribution in [0.1, 0.15) is 32.6 Å². The molecule has 1 aromatic rings. The molecule has 0 aliphatic heterocycles. The fraction of sp³-hybridized carbons (Fsp3) is 0.667. The first-order valence-corrected chi connectivity index (χ1v) is 8.67. The first-order chi connectivity index (χ1) is 8.47. The molecule has 2 unspecified atom stereocenters. The summed E-state index contributed by atoms with van der Waals surface area (Å²) in [6.45, 7) is 2.78. The molecule has 1 saturated carbocycles. The Kier molecular flexibility index (Phi) is 4.29. The van der Waals surface area contributed by atoms with E-state index in [-0.39, 0.29) is 0 Å². The predicted molar refractivity (Wildman–Crippen MR) is 75.0 cm³/mol. The summed E-state index contributed by atoms with van der Waals surface area (Å²) in [5.41, 5.74) is 6.06. The first-order valence-electron chi connectivity index (χ1n) is 6.31. The van der Waals surface area contributed by atoms with Crippen molar-refractivity contribution in [3.8, 4) is 0 Å². The number of nitrogen functional groups attached to an aromatic ring is 1. The second-order valence-corrected chi connectivity index (χ2v) is 8.09. The Morgan fingerprint density at radius 2 is 2.28 bits per heavy atom. The normalized spacial score (nSPS) is 25.2. The van der Waals surface area contributed by atoms with Gasteiger partial charge in [0.05, 0.1) is 0 Å². The molecule has 18 heavy (non-hydrogen) atoms. The SMILES string of the molecule is CC1CCCC(CNS(=O)(=O)c2cc(N)cs2)C1. The van der Waals surface area contributed by atoms with Crippen molar-refractivity contribution in [2.75, 3.05) is 12.3 Å². The monoisotopic (exact) mass is 288 g/mol. The van der Waals surface area contributed by atoms with Crippen LogP contribution in [0.3, 0.4) is 0 Å². The van der Waals surface area contributed by atoms with Gasteiger partial charge in [-0.25, -0.2) is 13.1 Å². The molecule has 3 N–H and O–H groups in total. The molecule has 1 heterocycles. The molecule has 1 aliphatic carbocycles. The zero-order valence-corrected chi connectivity index (χ0v) is 12.2. The highest BCUT2D eigenvalue weighted by Crippen LogP contribution is 2.28. The summed E-state index contributed by atoms with van der Waals surface area (Å²) in [6, 6.07) is 1.51. The third-order valence-electron chi connectivity index (χ3n) is 3.47. The van der Waals surface area contributed by atoms with E-state index in [4.69, 9.17) is 5.73 Å². The Bertz CT molecular complexity index is 496. The lowest BCUT2D eigenvalue weighted by Gasteiger charge is -2.26. The molecule has 6 heteroatoms. The number of rotatable bonds is 4. The Morgan fingerprint density at radius 1 is 1.50 bits per heavy atom. The number of nitrogens with two attached hydrogens (primary N) is 1. The zero-order valence-electron chi connectivity index (χ0n) is 10.6. The average Bonchev–Trinajstić information content (AvgIpc) is 2.74. The van der Waals surface area contributed by atoms with Gasteiger partial charge in [-0.2, -0.15) is 0 Å². The van der Waals surface area contributed by atoms with Crippen LogP contribution in [0.15, 0.2) is 15.7 Å². The Balaban J connectivity index is 1.93. The van der Waals surface area contributed by atoms with Crippen molar-refractivity contribution in [2.45, 2.75) is 36.8 Å². The second kappa shape index (κ2) is 5.59. The molecular weight excluding hydrogens is 268 g/mol. The number of sulfonamides is 1. The number of anilines is 1. The van der Waals surface area contributed by atoms with E-state index in [1.807, 2.05) is 0 Å². The molecule has 0 saturated heterocycles. The van der Waals surface area contributed by atoms with Crippen molar-refractivity contribution in [2.24, 2.45) is 11.8 Å². The molecule has 4 nitrogen and oxygen atoms in total. The van der Waals surface area contributed by atoms with Crippen LogP contribution in [0.25, 0.3) is 0 Å². The fourth-order valence-corrected chi connectivity index (χ4v) is 4.76. The molecule has 0 radical (unpaired) electrons. The van der Waals surface area contributed by atoms with Gasteiger partial charge in [0.2, 0.25) is 10.0 Å². The third kappa shape index (κ3) is 3.46. The minimum atomic E-state index is -3.37. The van der Waals surface area contributed by atoms with Gasteiger partial charge in [-0.1, -0.05) is 19.8 Å². The molecule has 102 valence electrons. The van der Waals surface area contributed by atoms with Gasteiger partial charge in [0, 0.05) is 17.6 Å². The maximum Gasteiger partial charge on any atom is 0.250 e. The smallest absolute Gasteiger partial charge is 0.250 e. The van der Waals surface area contributed by atoms with Gasteiger partial charge in [-0.15, -0.1) is 11.3 Å². The molecule has 2 rings (SSSR count). The summed E-state index contributed by atoms with van der Waals surface area (Å²) in [5, 5.41) is 1.65. The second-order valence-electron chi connectivity index (χ2n) is 5.19. The van der Waals surface area contributed by atoms with E-state index < -0.39 is 10.0 Å². The van der Waals surface area contributed by atoms with Crippen molar-refractivity contribution < 1.29 is 8.42 Å². The van der Waals surface area contributed by atoms with E-state index in [9.17, 15) is 8.42 Å². The van der Waals surface area contributed by atoms with E-state index in [0.717, 1.165) is 12.8 Å². The van der Waals surface area contributed by atoms with Crippen LogP contribution in [0.4, 0.5) is 5.69 Å². The lowest BCUT2D eigenvalue weighted by Crippen LogP contribution is -2.31. The summed E-state index contributed by atoms with van der Waals surface area (Å²) < 4.78 is 27.0. The van der Waals surface area contributed by atoms with E-state index >= 15 is 0 Å². The molecule has 1 fully saturated rings. The van der Waals surface area contributed by atoms with Crippen molar-refractivity contribution in [1.82, 2.24) is 4.72 Å². The molecule has 0 aromatic carbocycles. The minimum absolute atomic E-state index is 0.309. The summed E-state index contributed by atoms with van der Waals surface area (Å²) in [6.07, 6.45) is 4.72. The maximum absolute atomic E-state index is 12.0. The van der Waals surface area contributed by atoms with Crippen molar-refractivity contribution in [3.63, 3.8) is 0 Å². The van der Waals surface area contributed by atoms with Gasteiger partial charge >= 0.3 is 0 Å². The Hall–Kier alpha value is -0.590. The van der Waals surface area contributed by atoms with Gasteiger partial charge < -0.3 is 5.73 Å². The van der Waals surface area contributed by atoms with Crippen LogP contribution in [-0.2, 0) is 10.0 Å². The predicted octanol–water partition coefficient (Wildman–Crippen LogP) is 2.43. The van der Waals surface area contributed by atoms with Gasteiger partial charge in [0.15, 0.2) is 0 Å². The van der Waals surface area contributed by atoms with Crippen LogP contribution >= 0.6 is 11.3 Å². The molecule has 1 aliphatic rings. The highest BCUT2D eigenvalue weighted by molar-refractivity contribution is 7.91. The molecule has 0 bridgehead atoms. The van der Waals surface area contributed by atoms with E-state index in [1.54, 1.807) is 5.38 Å². The lowest BCUT2D eigenvalue weighted by molar-refractivity contribution is 0.283. The van der Waals surface area contributed by atoms with Crippen molar-refractivity contribution in [3.05, 3.63) is 11.4 Å². The van der Waals surface area contributed by atoms with Crippen LogP contribution in [0, 0.1) is 11.8 Å². The summed E-state index contributed by atoms with van der Waals surface area (Å²) >= 11 is 1.17. The first kappa shape index (κ1) is 13.8. The fourth-order valence-electron chi connectivity index (χ4n) is 2.51. The minimum Gasteiger partial charge on any atom is -0.398 e. The zero-order chi connectivity index (χ0) is 13.2. The standard InChI is InChI=1S/C12H20N2O2S2/c1-9-3-2-4-10(5-9)7-14-18(15,16)12-6-11(13)8-17-12/h6,8-10,14H,2-5,7,13H2,1H3. The van der Waals surface area contributed by atoms with Crippen LogP contribution in [0.5, 0.6) is 0 Å². The molecule has 0 amide bonds. The molecule has 2 atom stereocenters. The number of hydrogen-bond acceptors (Lipinski definition) is 4. The third-order valence-corrected chi connectivity index (χ3v) is 6.35. The van der Waals surface area contributed by atoms with E-state index in [2.05, 4.69) is 11.6 Å². The van der Waals surface area contributed by atoms with Gasteiger partial charge in [0.25, 0.3) is 0 Å². The van der Waals surface area contributed by atoms with Crippen LogP contribution < -0.4 is 10.5 Å². The highest BCUT2D eigenvalue weighted by atomic mass is 32.2. The van der Waals surface area contributed by atoms with Gasteiger partial charge in [0.1, 0.15) is 4.21 Å². The number of thiophene rings is 1. The van der Waals surface area contributed by atoms with Gasteiger partial charge in [-0.05, 0) is 30.7 Å². The number of hydrogen-bond donors (Lipinski definition) is 2. The van der Waals surface area contributed by atoms with Crippen LogP contribution in [-0.4, -0.2) is 15.0 Å². The summed E-state index contributed by atoms with van der Waals surface area (Å²) in [7, 11) is -3.37. The van der Waals surface area contributed by atoms with E-state index in [0.29, 0.717) is 28.3 Å². The van der Waals surface area contributed by atoms with Gasteiger partial charge in [-0.3, -0.25) is 0 Å². The molecule has 1 aromatic heterocycles. The summed E-state index contributed by atoms with van der Waals surface area (Å²) in [5.74, 6) is 1.19. The summed E-state index contributed by atoms with van der Waals surface area (Å²) in [4.78, 5) is 0. The van der Waals surface area contributed by atoms with Crippen LogP contribution in [0.2, 0.25) is 0 Å². The number of nitrogens with one attached hydrogen (secondary N) is 1. The maximum atomic E-state index is 12.0. The molecular formula is C12H20N2O2S2. The lowest BCUT2D eigenvalue weighted by atomic mass is 9.83. The van der Waals surface area contributed by atoms with Crippen molar-refractivity contribution >= 4 is 27.0 Å². The van der Waals surface area contributed by atoms with Crippen molar-refractivity contribution in [1.29, 1.82) is 0 Å². The molecule has 0 spiro atoms. The van der Waals surface area contributed by atoms with E-state index in [1.165, 1.54) is 30.2 Å². The Morgan fingerprint density at radius 3 is 2.89 bits per heavy atom. The Labute approximate surface area is 113 Å². The largest absolute Gasteiger partial charge is 0.398 e. The highest BCUT2D eigenvalue weighted by Gasteiger charge is 2.22. The average molecular weight is 288 g/mol.